The highest BCUT2D eigenvalue weighted by Crippen LogP contribution is 2.33. The molecule has 3 N–H and O–H groups in total. The van der Waals surface area contributed by atoms with E-state index in [0.717, 1.165) is 40.9 Å². The monoisotopic (exact) mass is 435 g/mol. The molecule has 4 rings (SSSR count). The lowest BCUT2D eigenvalue weighted by Crippen LogP contribution is -2.22. The van der Waals surface area contributed by atoms with Crippen LogP contribution in [-0.4, -0.2) is 20.3 Å². The Morgan fingerprint density at radius 3 is 2.65 bits per heavy atom. The number of nitrogen functional groups attached to an aromatic ring is 1. The Balaban J connectivity index is 1.68. The molecule has 0 aliphatic rings. The van der Waals surface area contributed by atoms with E-state index in [0.29, 0.717) is 16.3 Å². The third-order valence-electron chi connectivity index (χ3n) is 5.44. The number of nitrogens with one attached hydrogen (secondary N) is 1. The predicted molar refractivity (Wildman–Crippen MR) is 126 cm³/mol. The number of para-hydroxylation sites is 1. The number of unbranched alkanes of at least 4 members (excludes halogenated alkanes) is 1. The molecule has 0 atom stereocenters. The Hall–Kier alpha value is -3.39. The second-order valence-corrected chi connectivity index (χ2v) is 8.49. The molecule has 0 spiro atoms. The van der Waals surface area contributed by atoms with Crippen LogP contribution in [0.4, 0.5) is 11.4 Å². The van der Waals surface area contributed by atoms with Crippen LogP contribution in [0, 0.1) is 6.92 Å². The van der Waals surface area contributed by atoms with Gasteiger partial charge in [-0.3, -0.25) is 14.3 Å². The zero-order valence-electron chi connectivity index (χ0n) is 17.8. The number of nitrogens with two attached hydrogens (primary N) is 1. The summed E-state index contributed by atoms with van der Waals surface area (Å²) < 4.78 is 3.25. The van der Waals surface area contributed by atoms with Crippen molar-refractivity contribution in [3.8, 4) is 5.69 Å². The van der Waals surface area contributed by atoms with E-state index < -0.39 is 5.91 Å². The van der Waals surface area contributed by atoms with Gasteiger partial charge in [0.15, 0.2) is 0 Å². The van der Waals surface area contributed by atoms with Crippen LogP contribution < -0.4 is 16.6 Å². The van der Waals surface area contributed by atoms with Crippen LogP contribution >= 0.6 is 11.3 Å². The molecular weight excluding hydrogens is 410 g/mol. The Kier molecular flexibility index (Phi) is 5.65. The highest BCUT2D eigenvalue weighted by atomic mass is 32.1. The number of nitrogens with zero attached hydrogens (tertiary/aromatic N) is 3. The van der Waals surface area contributed by atoms with E-state index in [9.17, 15) is 9.59 Å². The van der Waals surface area contributed by atoms with Crippen LogP contribution in [0.2, 0.25) is 0 Å². The second kappa shape index (κ2) is 8.39. The van der Waals surface area contributed by atoms with Gasteiger partial charge in [-0.15, -0.1) is 11.3 Å². The van der Waals surface area contributed by atoms with Crippen molar-refractivity contribution in [3.63, 3.8) is 0 Å². The lowest BCUT2D eigenvalue weighted by molar-refractivity contribution is 0.103. The minimum Gasteiger partial charge on any atom is -0.397 e. The van der Waals surface area contributed by atoms with Gasteiger partial charge in [0, 0.05) is 18.1 Å². The molecule has 0 fully saturated rings. The number of rotatable bonds is 6. The minimum atomic E-state index is -0.401. The molecule has 4 aromatic rings. The Bertz CT molecular complexity index is 1320. The zero-order chi connectivity index (χ0) is 22.1. The molecule has 0 radical (unpaired) electrons. The van der Waals surface area contributed by atoms with E-state index in [1.807, 2.05) is 42.5 Å². The van der Waals surface area contributed by atoms with Crippen LogP contribution in [0.1, 0.15) is 40.8 Å². The fourth-order valence-corrected chi connectivity index (χ4v) is 4.59. The van der Waals surface area contributed by atoms with Gasteiger partial charge in [-0.05, 0) is 44.0 Å². The van der Waals surface area contributed by atoms with Gasteiger partial charge in [-0.25, -0.2) is 9.67 Å². The highest BCUT2D eigenvalue weighted by molar-refractivity contribution is 7.21. The fourth-order valence-electron chi connectivity index (χ4n) is 3.58. The van der Waals surface area contributed by atoms with Gasteiger partial charge in [-0.1, -0.05) is 31.5 Å². The SMILES string of the molecule is CCCCc1ccc2c(N)c(C(=O)Nc3c(C)n(C)n(-c4ccccc4)c3=O)sc2n1. The number of anilines is 2. The molecule has 3 heterocycles. The van der Waals surface area contributed by atoms with Crippen LogP contribution in [0.5, 0.6) is 0 Å². The number of fused-ring (bicyclic) bond motifs is 1. The Labute approximate surface area is 184 Å². The first kappa shape index (κ1) is 20.9. The van der Waals surface area contributed by atoms with Crippen molar-refractivity contribution < 1.29 is 4.79 Å². The fraction of sp³-hybridized carbons (Fsp3) is 0.261. The molecule has 0 unspecified atom stereocenters. The number of benzene rings is 1. The summed E-state index contributed by atoms with van der Waals surface area (Å²) in [6.07, 6.45) is 3.05. The summed E-state index contributed by atoms with van der Waals surface area (Å²) in [5.74, 6) is -0.401. The average molecular weight is 436 g/mol. The summed E-state index contributed by atoms with van der Waals surface area (Å²) in [5, 5.41) is 3.55. The van der Waals surface area contributed by atoms with E-state index >= 15 is 0 Å². The summed E-state index contributed by atoms with van der Waals surface area (Å²) >= 11 is 1.25. The van der Waals surface area contributed by atoms with Gasteiger partial charge in [-0.2, -0.15) is 0 Å². The summed E-state index contributed by atoms with van der Waals surface area (Å²) in [4.78, 5) is 31.9. The normalized spacial score (nSPS) is 11.2. The number of amides is 1. The van der Waals surface area contributed by atoms with E-state index in [1.54, 1.807) is 18.7 Å². The minimum absolute atomic E-state index is 0.241. The molecule has 3 aromatic heterocycles. The number of hydrogen-bond donors (Lipinski definition) is 2. The largest absolute Gasteiger partial charge is 0.397 e. The first-order valence-corrected chi connectivity index (χ1v) is 11.1. The molecule has 1 amide bonds. The Morgan fingerprint density at radius 2 is 1.94 bits per heavy atom. The van der Waals surface area contributed by atoms with Crippen molar-refractivity contribution in [2.75, 3.05) is 11.1 Å². The molecular formula is C23H25N5O2S. The zero-order valence-corrected chi connectivity index (χ0v) is 18.6. The van der Waals surface area contributed by atoms with E-state index in [1.165, 1.54) is 16.0 Å². The van der Waals surface area contributed by atoms with E-state index in [-0.39, 0.29) is 11.2 Å². The number of carbonyl (C=O) groups excluding carboxylic acids is 1. The molecule has 1 aromatic carbocycles. The summed E-state index contributed by atoms with van der Waals surface area (Å²) in [5.41, 5.74) is 8.98. The summed E-state index contributed by atoms with van der Waals surface area (Å²) in [6.45, 7) is 3.94. The molecule has 31 heavy (non-hydrogen) atoms. The summed E-state index contributed by atoms with van der Waals surface area (Å²) in [6, 6.07) is 13.2. The van der Waals surface area contributed by atoms with Crippen molar-refractivity contribution in [3.05, 3.63) is 69.1 Å². The molecule has 0 saturated heterocycles. The van der Waals surface area contributed by atoms with E-state index in [4.69, 9.17) is 5.73 Å². The van der Waals surface area contributed by atoms with Crippen molar-refractivity contribution in [1.29, 1.82) is 0 Å². The molecule has 7 nitrogen and oxygen atoms in total. The molecule has 0 saturated carbocycles. The van der Waals surface area contributed by atoms with Gasteiger partial charge < -0.3 is 11.1 Å². The number of hydrogen-bond acceptors (Lipinski definition) is 5. The number of carbonyl (C=O) groups is 1. The van der Waals surface area contributed by atoms with Gasteiger partial charge in [0.2, 0.25) is 0 Å². The standard InChI is InChI=1S/C23H25N5O2S/c1-4-5-9-15-12-13-17-18(24)20(31-22(17)25-15)21(29)26-19-14(2)27(3)28(23(19)30)16-10-7-6-8-11-16/h6-8,10-13H,4-5,9,24H2,1-3H3,(H,26,29). The van der Waals surface area contributed by atoms with Gasteiger partial charge in [0.05, 0.1) is 17.1 Å². The predicted octanol–water partition coefficient (Wildman–Crippen LogP) is 4.27. The van der Waals surface area contributed by atoms with Crippen molar-refractivity contribution in [2.24, 2.45) is 7.05 Å². The number of aryl methyl sites for hydroxylation is 1. The number of pyridine rings is 1. The molecule has 0 aliphatic carbocycles. The van der Waals surface area contributed by atoms with Gasteiger partial charge >= 0.3 is 0 Å². The van der Waals surface area contributed by atoms with Crippen LogP contribution in [-0.2, 0) is 13.5 Å². The van der Waals surface area contributed by atoms with Crippen molar-refractivity contribution in [1.82, 2.24) is 14.3 Å². The lowest BCUT2D eigenvalue weighted by atomic mass is 10.1. The third-order valence-corrected chi connectivity index (χ3v) is 6.55. The highest BCUT2D eigenvalue weighted by Gasteiger charge is 2.22. The van der Waals surface area contributed by atoms with Crippen LogP contribution in [0.25, 0.3) is 15.9 Å². The van der Waals surface area contributed by atoms with Crippen molar-refractivity contribution in [2.45, 2.75) is 33.1 Å². The summed E-state index contributed by atoms with van der Waals surface area (Å²) in [7, 11) is 1.79. The van der Waals surface area contributed by atoms with Crippen molar-refractivity contribution >= 4 is 38.8 Å². The van der Waals surface area contributed by atoms with Gasteiger partial charge in [0.25, 0.3) is 11.5 Å². The molecule has 8 heteroatoms. The molecule has 0 bridgehead atoms. The topological polar surface area (TPSA) is 94.9 Å². The maximum absolute atomic E-state index is 13.1. The molecule has 160 valence electrons. The van der Waals surface area contributed by atoms with E-state index in [2.05, 4.69) is 17.2 Å². The van der Waals surface area contributed by atoms with Crippen LogP contribution in [0.3, 0.4) is 0 Å². The third kappa shape index (κ3) is 3.74. The molecule has 0 aliphatic heterocycles. The first-order valence-electron chi connectivity index (χ1n) is 10.3. The average Bonchev–Trinajstić information content (AvgIpc) is 3.21. The number of thiophene rings is 1. The smallest absolute Gasteiger partial charge is 0.295 e. The number of aromatic nitrogens is 3. The van der Waals surface area contributed by atoms with Gasteiger partial charge in [0.1, 0.15) is 15.4 Å². The lowest BCUT2D eigenvalue weighted by Gasteiger charge is -2.07. The first-order chi connectivity index (χ1) is 14.9. The van der Waals surface area contributed by atoms with Crippen LogP contribution in [0.15, 0.2) is 47.3 Å². The second-order valence-electron chi connectivity index (χ2n) is 7.49. The maximum Gasteiger partial charge on any atom is 0.295 e. The maximum atomic E-state index is 13.1. The quantitative estimate of drug-likeness (QED) is 0.473. The Morgan fingerprint density at radius 1 is 1.19 bits per heavy atom.